The lowest BCUT2D eigenvalue weighted by Gasteiger charge is -2.37. The van der Waals surface area contributed by atoms with Crippen molar-refractivity contribution in [1.29, 1.82) is 0 Å². The molecule has 2 amide bonds. The average Bonchev–Trinajstić information content (AvgIpc) is 3.47. The van der Waals surface area contributed by atoms with Crippen molar-refractivity contribution >= 4 is 21.8 Å². The number of carbonyl (C=O) groups excluding carboxylic acids is 2. The molecule has 170 valence electrons. The molecular formula is C21H29FN4O4S. The minimum atomic E-state index is -3.87. The van der Waals surface area contributed by atoms with Crippen LogP contribution in [0.15, 0.2) is 29.2 Å². The van der Waals surface area contributed by atoms with Gasteiger partial charge in [0.05, 0.1) is 11.4 Å². The Hall–Kier alpha value is -2.04. The molecule has 1 aromatic carbocycles. The van der Waals surface area contributed by atoms with Crippen LogP contribution in [0.3, 0.4) is 0 Å². The van der Waals surface area contributed by atoms with E-state index in [1.807, 2.05) is 4.90 Å². The van der Waals surface area contributed by atoms with Gasteiger partial charge in [-0.2, -0.15) is 4.31 Å². The topological polar surface area (TPSA) is 81.2 Å². The number of likely N-dealkylation sites (tertiary alicyclic amines) is 1. The molecule has 1 aromatic rings. The van der Waals surface area contributed by atoms with Crippen LogP contribution >= 0.6 is 0 Å². The van der Waals surface area contributed by atoms with E-state index in [2.05, 4.69) is 4.90 Å². The first-order valence-corrected chi connectivity index (χ1v) is 12.4. The zero-order chi connectivity index (χ0) is 22.0. The highest BCUT2D eigenvalue weighted by atomic mass is 32.2. The van der Waals surface area contributed by atoms with E-state index in [-0.39, 0.29) is 23.3 Å². The third kappa shape index (κ3) is 4.75. The van der Waals surface area contributed by atoms with Gasteiger partial charge in [0.15, 0.2) is 0 Å². The molecule has 1 atom stereocenters. The minimum Gasteiger partial charge on any atom is -0.342 e. The van der Waals surface area contributed by atoms with Gasteiger partial charge in [-0.3, -0.25) is 14.5 Å². The first-order chi connectivity index (χ1) is 14.9. The Balaban J connectivity index is 1.35. The highest BCUT2D eigenvalue weighted by Crippen LogP contribution is 2.27. The fraction of sp³-hybridized carbons (Fsp3) is 0.619. The lowest BCUT2D eigenvalue weighted by molar-refractivity contribution is -0.137. The van der Waals surface area contributed by atoms with E-state index < -0.39 is 21.9 Å². The fourth-order valence-corrected chi connectivity index (χ4v) is 6.26. The van der Waals surface area contributed by atoms with E-state index in [1.54, 1.807) is 4.90 Å². The van der Waals surface area contributed by atoms with E-state index >= 15 is 0 Å². The summed E-state index contributed by atoms with van der Waals surface area (Å²) < 4.78 is 40.5. The summed E-state index contributed by atoms with van der Waals surface area (Å²) >= 11 is 0. The van der Waals surface area contributed by atoms with Crippen LogP contribution in [0, 0.1) is 5.82 Å². The maximum absolute atomic E-state index is 13.2. The Kier molecular flexibility index (Phi) is 6.59. The van der Waals surface area contributed by atoms with Gasteiger partial charge in [-0.25, -0.2) is 12.8 Å². The molecule has 0 N–H and O–H groups in total. The van der Waals surface area contributed by atoms with Crippen molar-refractivity contribution in [3.63, 3.8) is 0 Å². The standard InChI is InChI=1S/C21H29FN4O4S/c22-17-5-7-18(8-6-17)31(29,30)26-11-3-4-19(26)21(28)25-14-12-23(13-15-25)16-20(27)24-9-1-2-10-24/h5-8,19H,1-4,9-16H2/t19-/m0/s1. The van der Waals surface area contributed by atoms with Gasteiger partial charge in [0.2, 0.25) is 21.8 Å². The summed E-state index contributed by atoms with van der Waals surface area (Å²) in [7, 11) is -3.87. The van der Waals surface area contributed by atoms with E-state index in [9.17, 15) is 22.4 Å². The summed E-state index contributed by atoms with van der Waals surface area (Å²) in [5.41, 5.74) is 0. The van der Waals surface area contributed by atoms with Crippen LogP contribution in [0.25, 0.3) is 0 Å². The molecule has 4 rings (SSSR count). The number of rotatable bonds is 5. The SMILES string of the molecule is O=C(CN1CCN(C(=O)[C@@H]2CCCN2S(=O)(=O)c2ccc(F)cc2)CC1)N1CCCC1. The molecule has 0 aliphatic carbocycles. The summed E-state index contributed by atoms with van der Waals surface area (Å²) in [6.07, 6.45) is 3.22. The third-order valence-corrected chi connectivity index (χ3v) is 8.33. The smallest absolute Gasteiger partial charge is 0.243 e. The Labute approximate surface area is 182 Å². The predicted molar refractivity (Wildman–Crippen MR) is 112 cm³/mol. The number of nitrogens with zero attached hydrogens (tertiary/aromatic N) is 4. The van der Waals surface area contributed by atoms with E-state index in [0.29, 0.717) is 45.6 Å². The molecule has 0 saturated carbocycles. The predicted octanol–water partition coefficient (Wildman–Crippen LogP) is 0.745. The highest BCUT2D eigenvalue weighted by molar-refractivity contribution is 7.89. The largest absolute Gasteiger partial charge is 0.342 e. The molecule has 10 heteroatoms. The Morgan fingerprint density at radius 3 is 2.16 bits per heavy atom. The Bertz CT molecular complexity index is 910. The molecular weight excluding hydrogens is 423 g/mol. The minimum absolute atomic E-state index is 0.00107. The van der Waals surface area contributed by atoms with Crippen molar-refractivity contribution in [1.82, 2.24) is 19.0 Å². The van der Waals surface area contributed by atoms with Crippen LogP contribution in [0.4, 0.5) is 4.39 Å². The normalized spacial score (nSPS) is 23.5. The molecule has 3 fully saturated rings. The van der Waals surface area contributed by atoms with Crippen molar-refractivity contribution in [3.05, 3.63) is 30.1 Å². The van der Waals surface area contributed by atoms with Gasteiger partial charge >= 0.3 is 0 Å². The van der Waals surface area contributed by atoms with Gasteiger partial charge in [-0.1, -0.05) is 0 Å². The number of amides is 2. The molecule has 0 radical (unpaired) electrons. The van der Waals surface area contributed by atoms with Crippen LogP contribution in [0.2, 0.25) is 0 Å². The maximum Gasteiger partial charge on any atom is 0.243 e. The molecule has 0 bridgehead atoms. The summed E-state index contributed by atoms with van der Waals surface area (Å²) in [5, 5.41) is 0. The molecule has 3 heterocycles. The number of piperazine rings is 1. The molecule has 3 saturated heterocycles. The number of hydrogen-bond donors (Lipinski definition) is 0. The van der Waals surface area contributed by atoms with Crippen molar-refractivity contribution in [2.45, 2.75) is 36.6 Å². The zero-order valence-electron chi connectivity index (χ0n) is 17.6. The van der Waals surface area contributed by atoms with Gasteiger partial charge in [0.25, 0.3) is 0 Å². The second-order valence-electron chi connectivity index (χ2n) is 8.42. The van der Waals surface area contributed by atoms with Crippen LogP contribution in [0.1, 0.15) is 25.7 Å². The lowest BCUT2D eigenvalue weighted by atomic mass is 10.2. The van der Waals surface area contributed by atoms with Crippen molar-refractivity contribution in [2.75, 3.05) is 52.4 Å². The first-order valence-electron chi connectivity index (χ1n) is 10.9. The molecule has 0 aromatic heterocycles. The summed E-state index contributed by atoms with van der Waals surface area (Å²) in [5.74, 6) is -0.549. The Morgan fingerprint density at radius 1 is 0.871 bits per heavy atom. The van der Waals surface area contributed by atoms with Gasteiger partial charge < -0.3 is 9.80 Å². The Morgan fingerprint density at radius 2 is 1.52 bits per heavy atom. The summed E-state index contributed by atoms with van der Waals surface area (Å²) in [6.45, 7) is 4.47. The van der Waals surface area contributed by atoms with Crippen molar-refractivity contribution in [3.8, 4) is 0 Å². The van der Waals surface area contributed by atoms with Crippen LogP contribution < -0.4 is 0 Å². The van der Waals surface area contributed by atoms with E-state index in [0.717, 1.165) is 38.1 Å². The third-order valence-electron chi connectivity index (χ3n) is 6.41. The lowest BCUT2D eigenvalue weighted by Crippen LogP contribution is -2.55. The number of carbonyl (C=O) groups is 2. The molecule has 3 aliphatic rings. The molecule has 3 aliphatic heterocycles. The van der Waals surface area contributed by atoms with Gasteiger partial charge in [-0.05, 0) is 49.9 Å². The van der Waals surface area contributed by atoms with E-state index in [4.69, 9.17) is 0 Å². The quantitative estimate of drug-likeness (QED) is 0.659. The molecule has 0 unspecified atom stereocenters. The molecule has 8 nitrogen and oxygen atoms in total. The van der Waals surface area contributed by atoms with E-state index in [1.165, 1.54) is 16.4 Å². The number of benzene rings is 1. The summed E-state index contributed by atoms with van der Waals surface area (Å²) in [4.78, 5) is 31.2. The van der Waals surface area contributed by atoms with Crippen molar-refractivity contribution < 1.29 is 22.4 Å². The van der Waals surface area contributed by atoms with Crippen LogP contribution in [0.5, 0.6) is 0 Å². The average molecular weight is 453 g/mol. The monoisotopic (exact) mass is 452 g/mol. The number of halogens is 1. The molecule has 0 spiro atoms. The highest BCUT2D eigenvalue weighted by Gasteiger charge is 2.41. The van der Waals surface area contributed by atoms with Gasteiger partial charge in [0, 0.05) is 45.8 Å². The zero-order valence-corrected chi connectivity index (χ0v) is 18.4. The van der Waals surface area contributed by atoms with Crippen molar-refractivity contribution in [2.24, 2.45) is 0 Å². The number of hydrogen-bond acceptors (Lipinski definition) is 5. The first kappa shape index (κ1) is 22.2. The van der Waals surface area contributed by atoms with Gasteiger partial charge in [-0.15, -0.1) is 0 Å². The molecule has 31 heavy (non-hydrogen) atoms. The van der Waals surface area contributed by atoms with Crippen LogP contribution in [-0.4, -0.2) is 97.6 Å². The maximum atomic E-state index is 13.2. The van der Waals surface area contributed by atoms with Crippen LogP contribution in [-0.2, 0) is 19.6 Å². The van der Waals surface area contributed by atoms with Gasteiger partial charge in [0.1, 0.15) is 11.9 Å². The second kappa shape index (κ2) is 9.22. The second-order valence-corrected chi connectivity index (χ2v) is 10.3. The fourth-order valence-electron chi connectivity index (χ4n) is 4.61. The summed E-state index contributed by atoms with van der Waals surface area (Å²) in [6, 6.07) is 3.97. The number of sulfonamides is 1.